The van der Waals surface area contributed by atoms with E-state index in [2.05, 4.69) is 20.1 Å². The molecule has 0 N–H and O–H groups in total. The number of rotatable bonds is 2. The summed E-state index contributed by atoms with van der Waals surface area (Å²) in [5, 5.41) is 0.469. The lowest BCUT2D eigenvalue weighted by molar-refractivity contribution is 0.182. The molecule has 1 unspecified atom stereocenters. The van der Waals surface area contributed by atoms with E-state index in [1.165, 1.54) is 0 Å². The maximum atomic E-state index is 5.77. The molecule has 80 valence electrons. The van der Waals surface area contributed by atoms with Crippen LogP contribution in [0.5, 0.6) is 0 Å². The van der Waals surface area contributed by atoms with Crippen molar-refractivity contribution in [3.8, 4) is 0 Å². The summed E-state index contributed by atoms with van der Waals surface area (Å²) in [4.78, 5) is 0. The average Bonchev–Trinajstić information content (AvgIpc) is 2.20. The average molecular weight is 215 g/mol. The maximum absolute atomic E-state index is 5.77. The molecule has 0 saturated heterocycles. The normalized spacial score (nSPS) is 20.4. The van der Waals surface area contributed by atoms with Gasteiger partial charge in [-0.1, -0.05) is 51.6 Å². The van der Waals surface area contributed by atoms with Gasteiger partial charge in [0.25, 0.3) is 0 Å². The van der Waals surface area contributed by atoms with Crippen LogP contribution in [0.1, 0.15) is 27.2 Å². The van der Waals surface area contributed by atoms with E-state index in [4.69, 9.17) is 16.3 Å². The molecule has 14 heavy (non-hydrogen) atoms. The first-order chi connectivity index (χ1) is 6.66. The van der Waals surface area contributed by atoms with E-state index in [1.54, 1.807) is 6.08 Å². The molecule has 1 atom stereocenters. The summed E-state index contributed by atoms with van der Waals surface area (Å²) in [5.74, 6) is 1.19. The van der Waals surface area contributed by atoms with Gasteiger partial charge in [0.2, 0.25) is 0 Å². The van der Waals surface area contributed by atoms with Crippen LogP contribution in [0.3, 0.4) is 0 Å². The van der Waals surface area contributed by atoms with Crippen LogP contribution in [0.2, 0.25) is 0 Å². The van der Waals surface area contributed by atoms with Crippen LogP contribution >= 0.6 is 11.6 Å². The van der Waals surface area contributed by atoms with Crippen LogP contribution in [0.25, 0.3) is 0 Å². The van der Waals surface area contributed by atoms with Crippen LogP contribution in [-0.2, 0) is 4.74 Å². The van der Waals surface area contributed by atoms with Crippen LogP contribution in [-0.4, -0.2) is 6.61 Å². The molecule has 0 spiro atoms. The second-order valence-corrected chi connectivity index (χ2v) is 3.39. The molecule has 0 aromatic heterocycles. The molecular weight excluding hydrogens is 196 g/mol. The van der Waals surface area contributed by atoms with Gasteiger partial charge in [0.05, 0.1) is 11.6 Å². The third kappa shape index (κ3) is 3.22. The highest BCUT2D eigenvalue weighted by atomic mass is 35.5. The molecule has 0 saturated carbocycles. The van der Waals surface area contributed by atoms with Gasteiger partial charge in [-0.15, -0.1) is 0 Å². The zero-order chi connectivity index (χ0) is 11.1. The topological polar surface area (TPSA) is 9.23 Å². The highest BCUT2D eigenvalue weighted by molar-refractivity contribution is 6.31. The minimum Gasteiger partial charge on any atom is -0.492 e. The summed E-state index contributed by atoms with van der Waals surface area (Å²) in [5.41, 5.74) is 1.07. The Morgan fingerprint density at radius 1 is 1.57 bits per heavy atom. The Hall–Kier alpha value is -0.690. The van der Waals surface area contributed by atoms with E-state index >= 15 is 0 Å². The minimum absolute atomic E-state index is 0.469. The van der Waals surface area contributed by atoms with E-state index in [1.807, 2.05) is 13.8 Å². The Morgan fingerprint density at radius 2 is 2.14 bits per heavy atom. The zero-order valence-corrected chi connectivity index (χ0v) is 10.0. The first kappa shape index (κ1) is 13.3. The summed E-state index contributed by atoms with van der Waals surface area (Å²) in [7, 11) is 0. The van der Waals surface area contributed by atoms with Crippen molar-refractivity contribution >= 4 is 11.6 Å². The number of hydrogen-bond acceptors (Lipinski definition) is 1. The molecule has 1 aliphatic rings. The number of ether oxygens (including phenoxy) is 1. The Balaban J connectivity index is 0.000000791. The molecule has 2 heteroatoms. The lowest BCUT2D eigenvalue weighted by atomic mass is 9.95. The predicted octanol–water partition coefficient (Wildman–Crippen LogP) is 4.26. The second-order valence-electron chi connectivity index (χ2n) is 2.93. The Bertz CT molecular complexity index is 241. The SMILES string of the molecule is C=CC1=C(C(=C)Cl)OCCC1C.CC. The zero-order valence-electron chi connectivity index (χ0n) is 9.27. The molecule has 0 bridgehead atoms. The number of allylic oxidation sites excluding steroid dienone is 3. The molecular formula is C12H19ClO. The highest BCUT2D eigenvalue weighted by Gasteiger charge is 2.19. The molecule has 0 fully saturated rings. The van der Waals surface area contributed by atoms with Crippen LogP contribution in [0.4, 0.5) is 0 Å². The van der Waals surface area contributed by atoms with Gasteiger partial charge in [-0.25, -0.2) is 0 Å². The minimum atomic E-state index is 0.469. The first-order valence-electron chi connectivity index (χ1n) is 5.01. The van der Waals surface area contributed by atoms with Crippen molar-refractivity contribution < 1.29 is 4.74 Å². The standard InChI is InChI=1S/C10H13ClO.C2H6/c1-4-9-7(2)5-6-12-10(9)8(3)11;1-2/h4,7H,1,3,5-6H2,2H3;1-2H3. The van der Waals surface area contributed by atoms with E-state index in [9.17, 15) is 0 Å². The Labute approximate surface area is 92.1 Å². The summed E-state index contributed by atoms with van der Waals surface area (Å²) in [6.45, 7) is 14.2. The molecule has 1 nitrogen and oxygen atoms in total. The molecule has 0 aromatic rings. The van der Waals surface area contributed by atoms with Gasteiger partial charge >= 0.3 is 0 Å². The highest BCUT2D eigenvalue weighted by Crippen LogP contribution is 2.30. The smallest absolute Gasteiger partial charge is 0.140 e. The van der Waals surface area contributed by atoms with Crippen LogP contribution < -0.4 is 0 Å². The van der Waals surface area contributed by atoms with Crippen molar-refractivity contribution in [1.29, 1.82) is 0 Å². The summed E-state index contributed by atoms with van der Waals surface area (Å²) >= 11 is 5.77. The van der Waals surface area contributed by atoms with Crippen molar-refractivity contribution in [2.75, 3.05) is 6.61 Å². The molecule has 1 heterocycles. The van der Waals surface area contributed by atoms with Gasteiger partial charge in [0, 0.05) is 0 Å². The molecule has 0 amide bonds. The third-order valence-electron chi connectivity index (χ3n) is 2.06. The van der Waals surface area contributed by atoms with E-state index in [0.29, 0.717) is 16.7 Å². The van der Waals surface area contributed by atoms with Gasteiger partial charge in [-0.3, -0.25) is 0 Å². The molecule has 1 aliphatic heterocycles. The lowest BCUT2D eigenvalue weighted by Crippen LogP contribution is -2.13. The van der Waals surface area contributed by atoms with Crippen LogP contribution in [0.15, 0.2) is 35.6 Å². The van der Waals surface area contributed by atoms with Gasteiger partial charge in [-0.05, 0) is 17.9 Å². The molecule has 0 aromatic carbocycles. The number of hydrogen-bond donors (Lipinski definition) is 0. The predicted molar refractivity (Wildman–Crippen MR) is 63.3 cm³/mol. The van der Waals surface area contributed by atoms with Gasteiger partial charge < -0.3 is 4.74 Å². The fraction of sp³-hybridized carbons (Fsp3) is 0.500. The summed E-state index contributed by atoms with van der Waals surface area (Å²) in [6, 6.07) is 0. The molecule has 0 radical (unpaired) electrons. The van der Waals surface area contributed by atoms with E-state index < -0.39 is 0 Å². The van der Waals surface area contributed by atoms with Crippen molar-refractivity contribution in [2.24, 2.45) is 5.92 Å². The monoisotopic (exact) mass is 214 g/mol. The van der Waals surface area contributed by atoms with Crippen molar-refractivity contribution in [3.63, 3.8) is 0 Å². The van der Waals surface area contributed by atoms with Crippen molar-refractivity contribution in [3.05, 3.63) is 35.6 Å². The van der Waals surface area contributed by atoms with Gasteiger partial charge in [0.1, 0.15) is 5.76 Å². The van der Waals surface area contributed by atoms with Crippen molar-refractivity contribution in [2.45, 2.75) is 27.2 Å². The van der Waals surface area contributed by atoms with Crippen molar-refractivity contribution in [1.82, 2.24) is 0 Å². The van der Waals surface area contributed by atoms with Gasteiger partial charge in [0.15, 0.2) is 0 Å². The molecule has 1 rings (SSSR count). The Kier molecular flexibility index (Phi) is 6.39. The fourth-order valence-electron chi connectivity index (χ4n) is 1.33. The van der Waals surface area contributed by atoms with Crippen LogP contribution in [0, 0.1) is 5.92 Å². The summed E-state index contributed by atoms with van der Waals surface area (Å²) < 4.78 is 5.39. The quantitative estimate of drug-likeness (QED) is 0.668. The van der Waals surface area contributed by atoms with E-state index in [-0.39, 0.29) is 0 Å². The largest absolute Gasteiger partial charge is 0.492 e. The second kappa shape index (κ2) is 6.72. The lowest BCUT2D eigenvalue weighted by Gasteiger charge is -2.24. The fourth-order valence-corrected chi connectivity index (χ4v) is 1.49. The first-order valence-corrected chi connectivity index (χ1v) is 5.38. The van der Waals surface area contributed by atoms with Gasteiger partial charge in [-0.2, -0.15) is 0 Å². The molecule has 0 aliphatic carbocycles. The summed E-state index contributed by atoms with van der Waals surface area (Å²) in [6.07, 6.45) is 2.82. The Morgan fingerprint density at radius 3 is 2.50 bits per heavy atom. The number of halogens is 1. The maximum Gasteiger partial charge on any atom is 0.140 e. The third-order valence-corrected chi connectivity index (χ3v) is 2.23. The van der Waals surface area contributed by atoms with E-state index in [0.717, 1.165) is 18.6 Å².